The number of carbonyl (C=O) groups is 1. The van der Waals surface area contributed by atoms with Crippen LogP contribution in [0.15, 0.2) is 36.5 Å². The van der Waals surface area contributed by atoms with Gasteiger partial charge in [0.05, 0.1) is 5.60 Å². The number of rotatable bonds is 5. The molecule has 170 valence electrons. The molecule has 1 aliphatic carbocycles. The number of fused-ring (bicyclic) bond motifs is 1. The van der Waals surface area contributed by atoms with Gasteiger partial charge in [-0.15, -0.1) is 0 Å². The Bertz CT molecular complexity index is 1120. The van der Waals surface area contributed by atoms with Gasteiger partial charge in [-0.2, -0.15) is 0 Å². The zero-order valence-electron chi connectivity index (χ0n) is 19.8. The lowest BCUT2D eigenvalue weighted by Crippen LogP contribution is -2.28. The van der Waals surface area contributed by atoms with Gasteiger partial charge in [0.15, 0.2) is 6.10 Å². The zero-order valence-corrected chi connectivity index (χ0v) is 19.8. The predicted octanol–water partition coefficient (Wildman–Crippen LogP) is 6.77. The second kappa shape index (κ2) is 8.70. The second-order valence-corrected chi connectivity index (χ2v) is 10.1. The van der Waals surface area contributed by atoms with E-state index in [9.17, 15) is 9.90 Å². The van der Waals surface area contributed by atoms with E-state index in [-0.39, 0.29) is 0 Å². The lowest BCUT2D eigenvalue weighted by molar-refractivity contribution is -0.160. The maximum atomic E-state index is 12.4. The van der Waals surface area contributed by atoms with Crippen molar-refractivity contribution >= 4 is 17.0 Å². The number of ether oxygens (including phenoxy) is 1. The number of aromatic nitrogens is 2. The molecule has 5 heteroatoms. The number of benzene rings is 1. The summed E-state index contributed by atoms with van der Waals surface area (Å²) in [6.07, 6.45) is 7.15. The average molecular weight is 435 g/mol. The lowest BCUT2D eigenvalue weighted by Gasteiger charge is -2.28. The van der Waals surface area contributed by atoms with E-state index >= 15 is 0 Å². The first-order valence-electron chi connectivity index (χ1n) is 11.6. The number of hydrogen-bond acceptors (Lipinski definition) is 3. The first-order chi connectivity index (χ1) is 15.2. The van der Waals surface area contributed by atoms with Gasteiger partial charge in [-0.25, -0.2) is 9.78 Å². The summed E-state index contributed by atoms with van der Waals surface area (Å²) in [5.74, 6) is -0.996. The zero-order chi connectivity index (χ0) is 23.0. The molecule has 32 heavy (non-hydrogen) atoms. The third-order valence-electron chi connectivity index (χ3n) is 6.36. The number of aliphatic carboxylic acids is 1. The summed E-state index contributed by atoms with van der Waals surface area (Å²) in [7, 11) is 0. The molecule has 1 unspecified atom stereocenters. The van der Waals surface area contributed by atoms with Gasteiger partial charge in [0.1, 0.15) is 5.65 Å². The van der Waals surface area contributed by atoms with Crippen molar-refractivity contribution in [3.8, 4) is 11.1 Å². The number of nitrogens with zero attached hydrogens (tertiary/aromatic N) is 2. The monoisotopic (exact) mass is 434 g/mol. The second-order valence-electron chi connectivity index (χ2n) is 10.1. The normalized spacial score (nSPS) is 16.4. The molecule has 0 radical (unpaired) electrons. The molecule has 1 fully saturated rings. The van der Waals surface area contributed by atoms with Crippen LogP contribution in [0.25, 0.3) is 22.2 Å². The molecular formula is C27H34N2O3. The van der Waals surface area contributed by atoms with Crippen LogP contribution in [-0.4, -0.2) is 26.2 Å². The third kappa shape index (κ3) is 4.44. The van der Waals surface area contributed by atoms with Crippen LogP contribution >= 0.6 is 0 Å². The summed E-state index contributed by atoms with van der Waals surface area (Å²) in [6, 6.07) is 10.8. The molecular weight excluding hydrogens is 400 g/mol. The fraction of sp³-hybridized carbons (Fsp3) is 0.481. The van der Waals surface area contributed by atoms with Gasteiger partial charge >= 0.3 is 5.97 Å². The highest BCUT2D eigenvalue weighted by molar-refractivity contribution is 5.97. The van der Waals surface area contributed by atoms with E-state index < -0.39 is 17.7 Å². The van der Waals surface area contributed by atoms with Gasteiger partial charge in [-0.1, -0.05) is 49.1 Å². The highest BCUT2D eigenvalue weighted by Crippen LogP contribution is 2.41. The number of carboxylic acid groups (broad SMARTS) is 1. The summed E-state index contributed by atoms with van der Waals surface area (Å²) >= 11 is 0. The van der Waals surface area contributed by atoms with Gasteiger partial charge in [0, 0.05) is 34.4 Å². The van der Waals surface area contributed by atoms with Crippen molar-refractivity contribution in [1.82, 2.24) is 9.55 Å². The first kappa shape index (κ1) is 22.5. The topological polar surface area (TPSA) is 64.3 Å². The third-order valence-corrected chi connectivity index (χ3v) is 6.36. The highest BCUT2D eigenvalue weighted by atomic mass is 16.5. The molecule has 4 rings (SSSR count). The van der Waals surface area contributed by atoms with Crippen LogP contribution in [0.1, 0.15) is 81.8 Å². The SMILES string of the molecule is Cc1ccc(-c2c(C(OC(C)(C)C)C(=O)O)c(C)nc3c2ccn3C2CCCCC2)cc1. The summed E-state index contributed by atoms with van der Waals surface area (Å²) in [5, 5.41) is 11.1. The van der Waals surface area contributed by atoms with Crippen molar-refractivity contribution < 1.29 is 14.6 Å². The van der Waals surface area contributed by atoms with Crippen molar-refractivity contribution in [2.45, 2.75) is 84.5 Å². The molecule has 3 aromatic rings. The molecule has 1 saturated carbocycles. The van der Waals surface area contributed by atoms with E-state index in [4.69, 9.17) is 9.72 Å². The number of hydrogen-bond donors (Lipinski definition) is 1. The van der Waals surface area contributed by atoms with E-state index in [1.807, 2.05) is 27.7 Å². The maximum Gasteiger partial charge on any atom is 0.337 e. The molecule has 0 spiro atoms. The van der Waals surface area contributed by atoms with E-state index in [1.165, 1.54) is 19.3 Å². The van der Waals surface area contributed by atoms with E-state index in [0.29, 0.717) is 17.3 Å². The summed E-state index contributed by atoms with van der Waals surface area (Å²) in [5.41, 5.74) is 4.75. The summed E-state index contributed by atoms with van der Waals surface area (Å²) in [4.78, 5) is 17.4. The van der Waals surface area contributed by atoms with Crippen molar-refractivity contribution in [3.63, 3.8) is 0 Å². The summed E-state index contributed by atoms with van der Waals surface area (Å²) < 4.78 is 8.39. The van der Waals surface area contributed by atoms with E-state index in [0.717, 1.165) is 40.6 Å². The molecule has 1 aromatic carbocycles. The van der Waals surface area contributed by atoms with Crippen LogP contribution in [0.5, 0.6) is 0 Å². The fourth-order valence-electron chi connectivity index (χ4n) is 4.89. The predicted molar refractivity (Wildman–Crippen MR) is 128 cm³/mol. The molecule has 2 aromatic heterocycles. The molecule has 1 aliphatic rings. The summed E-state index contributed by atoms with van der Waals surface area (Å²) in [6.45, 7) is 9.62. The van der Waals surface area contributed by atoms with Crippen LogP contribution < -0.4 is 0 Å². The molecule has 0 saturated heterocycles. The molecule has 2 heterocycles. The van der Waals surface area contributed by atoms with Crippen LogP contribution in [-0.2, 0) is 9.53 Å². The van der Waals surface area contributed by atoms with Gasteiger partial charge < -0.3 is 14.4 Å². The van der Waals surface area contributed by atoms with Gasteiger partial charge in [0.25, 0.3) is 0 Å². The Morgan fingerprint density at radius 1 is 1.09 bits per heavy atom. The number of carboxylic acids is 1. The number of aryl methyl sites for hydroxylation is 2. The Labute approximate surface area is 190 Å². The Hall–Kier alpha value is -2.66. The van der Waals surface area contributed by atoms with Crippen LogP contribution in [0.2, 0.25) is 0 Å². The Morgan fingerprint density at radius 3 is 2.34 bits per heavy atom. The quantitative estimate of drug-likeness (QED) is 0.481. The smallest absolute Gasteiger partial charge is 0.337 e. The Kier molecular flexibility index (Phi) is 6.13. The van der Waals surface area contributed by atoms with Gasteiger partial charge in [-0.3, -0.25) is 0 Å². The minimum Gasteiger partial charge on any atom is -0.479 e. The van der Waals surface area contributed by atoms with Crippen molar-refractivity contribution in [3.05, 3.63) is 53.3 Å². The fourth-order valence-corrected chi connectivity index (χ4v) is 4.89. The molecule has 0 bridgehead atoms. The Balaban J connectivity index is 1.98. The molecule has 5 nitrogen and oxygen atoms in total. The Morgan fingerprint density at radius 2 is 1.75 bits per heavy atom. The largest absolute Gasteiger partial charge is 0.479 e. The maximum absolute atomic E-state index is 12.4. The minimum atomic E-state index is -1.10. The van der Waals surface area contributed by atoms with Gasteiger partial charge in [0.2, 0.25) is 0 Å². The van der Waals surface area contributed by atoms with Crippen LogP contribution in [0.3, 0.4) is 0 Å². The standard InChI is InChI=1S/C27H34N2O3/c1-17-11-13-19(14-12-17)23-21-15-16-29(20-9-7-6-8-10-20)25(21)28-18(2)22(23)24(26(30)31)32-27(3,4)5/h11-16,20,24H,6-10H2,1-5H3,(H,30,31). The van der Waals surface area contributed by atoms with Crippen molar-refractivity contribution in [2.75, 3.05) is 0 Å². The van der Waals surface area contributed by atoms with Gasteiger partial charge in [-0.05, 0) is 59.1 Å². The average Bonchev–Trinajstić information content (AvgIpc) is 3.15. The van der Waals surface area contributed by atoms with Crippen molar-refractivity contribution in [1.29, 1.82) is 0 Å². The molecule has 1 N–H and O–H groups in total. The highest BCUT2D eigenvalue weighted by Gasteiger charge is 2.33. The van der Waals surface area contributed by atoms with E-state index in [1.54, 1.807) is 0 Å². The van der Waals surface area contributed by atoms with E-state index in [2.05, 4.69) is 48.0 Å². The number of pyridine rings is 1. The van der Waals surface area contributed by atoms with Crippen molar-refractivity contribution in [2.24, 2.45) is 0 Å². The molecule has 0 aliphatic heterocycles. The first-order valence-corrected chi connectivity index (χ1v) is 11.6. The molecule has 1 atom stereocenters. The van der Waals surface area contributed by atoms with Crippen LogP contribution in [0, 0.1) is 13.8 Å². The molecule has 0 amide bonds. The van der Waals surface area contributed by atoms with Crippen LogP contribution in [0.4, 0.5) is 0 Å². The lowest BCUT2D eigenvalue weighted by atomic mass is 9.91. The minimum absolute atomic E-state index is 0.450.